The molecule has 37 heavy (non-hydrogen) atoms. The van der Waals surface area contributed by atoms with Gasteiger partial charge in [-0.3, -0.25) is 9.59 Å². The minimum absolute atomic E-state index is 0.117. The van der Waals surface area contributed by atoms with Gasteiger partial charge in [-0.25, -0.2) is 0 Å². The third-order valence-corrected chi connectivity index (χ3v) is 7.92. The van der Waals surface area contributed by atoms with E-state index >= 15 is 0 Å². The lowest BCUT2D eigenvalue weighted by molar-refractivity contribution is -0.114. The van der Waals surface area contributed by atoms with Gasteiger partial charge in [-0.15, -0.1) is 0 Å². The molecule has 0 saturated heterocycles. The molecule has 2 amide bonds. The van der Waals surface area contributed by atoms with Gasteiger partial charge in [0.1, 0.15) is 6.10 Å². The van der Waals surface area contributed by atoms with Crippen LogP contribution in [0.5, 0.6) is 0 Å². The summed E-state index contributed by atoms with van der Waals surface area (Å²) in [5.41, 5.74) is 14.1. The Morgan fingerprint density at radius 1 is 1.11 bits per heavy atom. The van der Waals surface area contributed by atoms with E-state index in [4.69, 9.17) is 5.73 Å². The van der Waals surface area contributed by atoms with Crippen LogP contribution in [-0.4, -0.2) is 40.2 Å². The number of nitrogens with zero attached hydrogens (tertiary/aromatic N) is 1. The van der Waals surface area contributed by atoms with E-state index in [-0.39, 0.29) is 12.5 Å². The molecule has 6 rings (SSSR count). The molecule has 7 nitrogen and oxygen atoms in total. The van der Waals surface area contributed by atoms with Crippen LogP contribution < -0.4 is 10.6 Å². The van der Waals surface area contributed by atoms with Crippen molar-refractivity contribution < 1.29 is 19.8 Å². The average molecular weight is 496 g/mol. The SMILES string of the molecule is Cc1c(-c2ccc(C(N)=O)c3[nH]c4cc(C(O)CO)ccc4c23)cccc1N1CC2=C(CCCC2)C1=O. The number of hydrogen-bond donors (Lipinski definition) is 4. The number of fused-ring (bicyclic) bond motifs is 3. The zero-order chi connectivity index (χ0) is 25.8. The van der Waals surface area contributed by atoms with Crippen molar-refractivity contribution in [2.75, 3.05) is 18.1 Å². The molecule has 0 bridgehead atoms. The van der Waals surface area contributed by atoms with Crippen LogP contribution in [0.1, 0.15) is 53.3 Å². The van der Waals surface area contributed by atoms with Gasteiger partial charge in [0, 0.05) is 34.1 Å². The largest absolute Gasteiger partial charge is 0.393 e. The maximum absolute atomic E-state index is 13.3. The van der Waals surface area contributed by atoms with Crippen molar-refractivity contribution in [2.45, 2.75) is 38.7 Å². The second-order valence-corrected chi connectivity index (χ2v) is 10.0. The van der Waals surface area contributed by atoms with Crippen molar-refractivity contribution in [3.63, 3.8) is 0 Å². The molecule has 5 N–H and O–H groups in total. The number of nitrogens with one attached hydrogen (secondary N) is 1. The first-order chi connectivity index (χ1) is 17.9. The summed E-state index contributed by atoms with van der Waals surface area (Å²) in [7, 11) is 0. The van der Waals surface area contributed by atoms with Gasteiger partial charge in [-0.2, -0.15) is 0 Å². The number of aromatic nitrogens is 1. The molecule has 1 atom stereocenters. The van der Waals surface area contributed by atoms with Crippen LogP contribution in [0, 0.1) is 6.92 Å². The molecular weight excluding hydrogens is 466 g/mol. The van der Waals surface area contributed by atoms with Crippen LogP contribution in [-0.2, 0) is 4.79 Å². The molecule has 2 heterocycles. The van der Waals surface area contributed by atoms with Crippen LogP contribution in [0.3, 0.4) is 0 Å². The maximum atomic E-state index is 13.3. The highest BCUT2D eigenvalue weighted by Gasteiger charge is 2.33. The van der Waals surface area contributed by atoms with Gasteiger partial charge >= 0.3 is 0 Å². The summed E-state index contributed by atoms with van der Waals surface area (Å²) in [5.74, 6) is -0.422. The number of carbonyl (C=O) groups excluding carboxylic acids is 2. The third-order valence-electron chi connectivity index (χ3n) is 7.92. The summed E-state index contributed by atoms with van der Waals surface area (Å²) >= 11 is 0. The van der Waals surface area contributed by atoms with Crippen LogP contribution in [0.25, 0.3) is 32.9 Å². The Morgan fingerprint density at radius 3 is 2.68 bits per heavy atom. The first-order valence-electron chi connectivity index (χ1n) is 12.7. The van der Waals surface area contributed by atoms with E-state index in [1.165, 1.54) is 5.57 Å². The Balaban J connectivity index is 1.53. The Bertz CT molecular complexity index is 1630. The molecule has 1 aliphatic heterocycles. The molecular formula is C30H29N3O4. The minimum Gasteiger partial charge on any atom is -0.393 e. The van der Waals surface area contributed by atoms with Gasteiger partial charge in [0.05, 0.1) is 17.7 Å². The molecule has 7 heteroatoms. The van der Waals surface area contributed by atoms with E-state index in [9.17, 15) is 19.8 Å². The fraction of sp³-hybridized carbons (Fsp3) is 0.267. The van der Waals surface area contributed by atoms with E-state index in [1.54, 1.807) is 18.2 Å². The normalized spacial score (nSPS) is 16.6. The smallest absolute Gasteiger partial charge is 0.254 e. The van der Waals surface area contributed by atoms with Crippen molar-refractivity contribution in [1.82, 2.24) is 4.98 Å². The van der Waals surface area contributed by atoms with E-state index in [1.807, 2.05) is 42.2 Å². The third kappa shape index (κ3) is 3.65. The lowest BCUT2D eigenvalue weighted by atomic mass is 9.93. The number of aliphatic hydroxyl groups is 2. The van der Waals surface area contributed by atoms with E-state index < -0.39 is 12.0 Å². The molecule has 0 radical (unpaired) electrons. The van der Waals surface area contributed by atoms with Gasteiger partial charge < -0.3 is 25.8 Å². The Kier molecular flexibility index (Phi) is 5.62. The molecule has 0 saturated carbocycles. The predicted molar refractivity (Wildman–Crippen MR) is 144 cm³/mol. The molecule has 0 fully saturated rings. The lowest BCUT2D eigenvalue weighted by Gasteiger charge is -2.22. The molecule has 3 aromatic carbocycles. The summed E-state index contributed by atoms with van der Waals surface area (Å²) < 4.78 is 0. The summed E-state index contributed by atoms with van der Waals surface area (Å²) in [4.78, 5) is 30.8. The monoisotopic (exact) mass is 495 g/mol. The number of benzene rings is 3. The van der Waals surface area contributed by atoms with Gasteiger partial charge in [0.25, 0.3) is 11.8 Å². The van der Waals surface area contributed by atoms with Crippen molar-refractivity contribution >= 4 is 39.3 Å². The standard InChI is InChI=1S/C30H29N3O4/c1-16-19(7-4-8-25(16)33-14-18-5-2-3-6-20(18)30(33)37)21-11-12-23(29(31)36)28-27(21)22-10-9-17(26(35)15-34)13-24(22)32-28/h4,7-13,26,32,34-35H,2-3,5-6,14-15H2,1H3,(H2,31,36). The number of aromatic amines is 1. The second-order valence-electron chi connectivity index (χ2n) is 10.0. The second kappa shape index (κ2) is 8.87. The summed E-state index contributed by atoms with van der Waals surface area (Å²) in [6.07, 6.45) is 3.07. The summed E-state index contributed by atoms with van der Waals surface area (Å²) in [6.45, 7) is 2.30. The molecule has 1 unspecified atom stereocenters. The number of nitrogens with two attached hydrogens (primary N) is 1. The molecule has 4 aromatic rings. The van der Waals surface area contributed by atoms with Gasteiger partial charge in [-0.05, 0) is 78.6 Å². The number of anilines is 1. The molecule has 1 aliphatic carbocycles. The van der Waals surface area contributed by atoms with Gasteiger partial charge in [-0.1, -0.05) is 30.3 Å². The van der Waals surface area contributed by atoms with Crippen LogP contribution in [0.15, 0.2) is 59.7 Å². The molecule has 2 aliphatic rings. The summed E-state index contributed by atoms with van der Waals surface area (Å²) in [5, 5.41) is 21.2. The topological polar surface area (TPSA) is 120 Å². The number of H-pyrrole nitrogens is 1. The van der Waals surface area contributed by atoms with Gasteiger partial charge in [0.15, 0.2) is 0 Å². The van der Waals surface area contributed by atoms with E-state index in [0.717, 1.165) is 69.9 Å². The molecule has 188 valence electrons. The highest BCUT2D eigenvalue weighted by molar-refractivity contribution is 6.20. The van der Waals surface area contributed by atoms with Crippen LogP contribution in [0.2, 0.25) is 0 Å². The quantitative estimate of drug-likeness (QED) is 0.322. The average Bonchev–Trinajstić information content (AvgIpc) is 3.45. The number of primary amides is 1. The minimum atomic E-state index is -0.998. The van der Waals surface area contributed by atoms with Crippen molar-refractivity contribution in [3.05, 3.63) is 76.4 Å². The fourth-order valence-electron chi connectivity index (χ4n) is 6.00. The van der Waals surface area contributed by atoms with Crippen molar-refractivity contribution in [3.8, 4) is 11.1 Å². The number of carbonyl (C=O) groups is 2. The number of rotatable bonds is 5. The first-order valence-corrected chi connectivity index (χ1v) is 12.7. The molecule has 0 spiro atoms. The maximum Gasteiger partial charge on any atom is 0.254 e. The van der Waals surface area contributed by atoms with Crippen LogP contribution >= 0.6 is 0 Å². The predicted octanol–water partition coefficient (Wildman–Crippen LogP) is 4.64. The zero-order valence-corrected chi connectivity index (χ0v) is 20.7. The van der Waals surface area contributed by atoms with Crippen LogP contribution in [0.4, 0.5) is 5.69 Å². The Hall–Kier alpha value is -3.94. The number of amides is 2. The summed E-state index contributed by atoms with van der Waals surface area (Å²) in [6, 6.07) is 15.1. The highest BCUT2D eigenvalue weighted by atomic mass is 16.3. The van der Waals surface area contributed by atoms with Gasteiger partial charge in [0.2, 0.25) is 0 Å². The lowest BCUT2D eigenvalue weighted by Crippen LogP contribution is -2.27. The van der Waals surface area contributed by atoms with E-state index in [0.29, 0.717) is 23.2 Å². The Labute approximate surface area is 214 Å². The number of hydrogen-bond acceptors (Lipinski definition) is 4. The Morgan fingerprint density at radius 2 is 1.92 bits per heavy atom. The highest BCUT2D eigenvalue weighted by Crippen LogP contribution is 2.42. The van der Waals surface area contributed by atoms with Crippen molar-refractivity contribution in [2.24, 2.45) is 5.73 Å². The molecule has 1 aromatic heterocycles. The zero-order valence-electron chi connectivity index (χ0n) is 20.7. The van der Waals surface area contributed by atoms with Crippen molar-refractivity contribution in [1.29, 1.82) is 0 Å². The first kappa shape index (κ1) is 23.5. The fourth-order valence-corrected chi connectivity index (χ4v) is 6.00. The number of aliphatic hydroxyl groups excluding tert-OH is 2. The van der Waals surface area contributed by atoms with E-state index in [2.05, 4.69) is 4.98 Å².